The van der Waals surface area contributed by atoms with Crippen LogP contribution < -0.4 is 5.73 Å². The molecule has 2 heterocycles. The van der Waals surface area contributed by atoms with Gasteiger partial charge in [0.1, 0.15) is 0 Å². The van der Waals surface area contributed by atoms with Crippen LogP contribution in [0.2, 0.25) is 0 Å². The van der Waals surface area contributed by atoms with Gasteiger partial charge < -0.3 is 5.73 Å². The molecule has 0 aliphatic rings. The van der Waals surface area contributed by atoms with Gasteiger partial charge in [0.15, 0.2) is 11.6 Å². The molecule has 0 aliphatic carbocycles. The van der Waals surface area contributed by atoms with E-state index >= 15 is 0 Å². The molecule has 13 heavy (non-hydrogen) atoms. The maximum absolute atomic E-state index is 5.49. The van der Waals surface area contributed by atoms with Gasteiger partial charge in [-0.1, -0.05) is 0 Å². The Hall–Kier alpha value is -1.98. The molecule has 6 nitrogen and oxygen atoms in total. The minimum atomic E-state index is 0.620. The summed E-state index contributed by atoms with van der Waals surface area (Å²) >= 11 is 0. The molecule has 0 bridgehead atoms. The zero-order chi connectivity index (χ0) is 9.26. The van der Waals surface area contributed by atoms with E-state index in [-0.39, 0.29) is 0 Å². The van der Waals surface area contributed by atoms with E-state index in [9.17, 15) is 0 Å². The maximum Gasteiger partial charge on any atom is 0.157 e. The summed E-state index contributed by atoms with van der Waals surface area (Å²) in [6, 6.07) is 3.52. The monoisotopic (exact) mass is 176 g/mol. The van der Waals surface area contributed by atoms with Crippen LogP contribution in [0, 0.1) is 6.92 Å². The number of aryl methyl sites for hydroxylation is 1. The zero-order valence-electron chi connectivity index (χ0n) is 7.05. The van der Waals surface area contributed by atoms with Gasteiger partial charge in [0.2, 0.25) is 0 Å². The van der Waals surface area contributed by atoms with Crippen LogP contribution in [0.1, 0.15) is 5.82 Å². The smallest absolute Gasteiger partial charge is 0.157 e. The molecule has 0 saturated carbocycles. The second-order valence-electron chi connectivity index (χ2n) is 2.59. The van der Waals surface area contributed by atoms with Crippen LogP contribution in [0.25, 0.3) is 5.82 Å². The van der Waals surface area contributed by atoms with Gasteiger partial charge in [0.05, 0.1) is 11.9 Å². The lowest BCUT2D eigenvalue weighted by Crippen LogP contribution is -2.02. The number of pyridine rings is 1. The van der Waals surface area contributed by atoms with Crippen LogP contribution in [0.15, 0.2) is 18.3 Å². The van der Waals surface area contributed by atoms with E-state index < -0.39 is 0 Å². The zero-order valence-corrected chi connectivity index (χ0v) is 7.05. The number of nitrogen functional groups attached to an aromatic ring is 1. The van der Waals surface area contributed by atoms with E-state index in [1.165, 1.54) is 0 Å². The molecule has 2 N–H and O–H groups in total. The van der Waals surface area contributed by atoms with E-state index in [1.54, 1.807) is 29.9 Å². The maximum atomic E-state index is 5.49. The van der Waals surface area contributed by atoms with Crippen molar-refractivity contribution in [2.45, 2.75) is 6.92 Å². The van der Waals surface area contributed by atoms with Gasteiger partial charge in [0.25, 0.3) is 0 Å². The molecule has 0 atom stereocenters. The molecule has 0 saturated heterocycles. The molecule has 2 aromatic heterocycles. The highest BCUT2D eigenvalue weighted by atomic mass is 15.5. The first-order chi connectivity index (χ1) is 6.27. The normalized spacial score (nSPS) is 10.2. The van der Waals surface area contributed by atoms with Crippen LogP contribution in [-0.4, -0.2) is 25.2 Å². The molecule has 0 aliphatic heterocycles. The second kappa shape index (κ2) is 2.81. The first-order valence-corrected chi connectivity index (χ1v) is 3.74. The van der Waals surface area contributed by atoms with Crippen LogP contribution in [-0.2, 0) is 0 Å². The van der Waals surface area contributed by atoms with Crippen molar-refractivity contribution < 1.29 is 0 Å². The predicted octanol–water partition coefficient (Wildman–Crippen LogP) is -0.0521. The summed E-state index contributed by atoms with van der Waals surface area (Å²) in [6.07, 6.45) is 1.57. The van der Waals surface area contributed by atoms with Gasteiger partial charge in [0, 0.05) is 0 Å². The predicted molar refractivity (Wildman–Crippen MR) is 46.1 cm³/mol. The van der Waals surface area contributed by atoms with Gasteiger partial charge in [-0.3, -0.25) is 0 Å². The molecule has 2 rings (SSSR count). The number of hydrogen-bond acceptors (Lipinski definition) is 5. The average molecular weight is 176 g/mol. The molecule has 0 aromatic carbocycles. The topological polar surface area (TPSA) is 82.5 Å². The Kier molecular flexibility index (Phi) is 1.66. The van der Waals surface area contributed by atoms with E-state index in [0.29, 0.717) is 17.3 Å². The van der Waals surface area contributed by atoms with Crippen LogP contribution in [0.4, 0.5) is 5.69 Å². The van der Waals surface area contributed by atoms with Crippen LogP contribution in [0.3, 0.4) is 0 Å². The summed E-state index contributed by atoms with van der Waals surface area (Å²) < 4.78 is 1.54. The molecule has 0 spiro atoms. The molecular weight excluding hydrogens is 168 g/mol. The number of tetrazole rings is 1. The van der Waals surface area contributed by atoms with Gasteiger partial charge in [-0.05, 0) is 29.5 Å². The molecule has 2 aromatic rings. The van der Waals surface area contributed by atoms with Crippen molar-refractivity contribution in [3.05, 3.63) is 24.2 Å². The summed E-state index contributed by atoms with van der Waals surface area (Å²) in [5.74, 6) is 1.36. The van der Waals surface area contributed by atoms with Gasteiger partial charge in [-0.2, -0.15) is 4.68 Å². The Morgan fingerprint density at radius 1 is 1.38 bits per heavy atom. The van der Waals surface area contributed by atoms with Crippen molar-refractivity contribution in [3.8, 4) is 5.82 Å². The van der Waals surface area contributed by atoms with Crippen LogP contribution >= 0.6 is 0 Å². The Balaban J connectivity index is 2.47. The summed E-state index contributed by atoms with van der Waals surface area (Å²) in [5.41, 5.74) is 6.11. The standard InChI is InChI=1S/C7H8N6/c1-5-10-11-12-13(5)7-3-2-6(8)4-9-7/h2-4H,8H2,1H3. The van der Waals surface area contributed by atoms with Gasteiger partial charge in [-0.15, -0.1) is 5.10 Å². The van der Waals surface area contributed by atoms with Crippen molar-refractivity contribution in [1.82, 2.24) is 25.2 Å². The van der Waals surface area contributed by atoms with Crippen molar-refractivity contribution >= 4 is 5.69 Å². The molecule has 66 valence electrons. The number of aromatic nitrogens is 5. The van der Waals surface area contributed by atoms with Crippen molar-refractivity contribution in [1.29, 1.82) is 0 Å². The second-order valence-corrected chi connectivity index (χ2v) is 2.59. The van der Waals surface area contributed by atoms with E-state index in [1.807, 2.05) is 0 Å². The quantitative estimate of drug-likeness (QED) is 0.658. The third-order valence-electron chi connectivity index (χ3n) is 1.61. The van der Waals surface area contributed by atoms with Gasteiger partial charge in [-0.25, -0.2) is 4.98 Å². The van der Waals surface area contributed by atoms with Crippen LogP contribution in [0.5, 0.6) is 0 Å². The lowest BCUT2D eigenvalue weighted by Gasteiger charge is -1.99. The fourth-order valence-corrected chi connectivity index (χ4v) is 0.966. The number of rotatable bonds is 1. The average Bonchev–Trinajstić information content (AvgIpc) is 2.53. The molecule has 0 fully saturated rings. The Bertz CT molecular complexity index is 403. The van der Waals surface area contributed by atoms with Crippen molar-refractivity contribution in [2.75, 3.05) is 5.73 Å². The van der Waals surface area contributed by atoms with Crippen molar-refractivity contribution in [2.24, 2.45) is 0 Å². The molecule has 0 radical (unpaired) electrons. The lowest BCUT2D eigenvalue weighted by atomic mass is 10.4. The Morgan fingerprint density at radius 2 is 2.23 bits per heavy atom. The largest absolute Gasteiger partial charge is 0.397 e. The molecular formula is C7H8N6. The van der Waals surface area contributed by atoms with E-state index in [4.69, 9.17) is 5.73 Å². The minimum absolute atomic E-state index is 0.620. The highest BCUT2D eigenvalue weighted by Gasteiger charge is 2.03. The summed E-state index contributed by atoms with van der Waals surface area (Å²) in [4.78, 5) is 4.08. The summed E-state index contributed by atoms with van der Waals surface area (Å²) in [5, 5.41) is 11.0. The third kappa shape index (κ3) is 1.33. The number of anilines is 1. The number of hydrogen-bond donors (Lipinski definition) is 1. The summed E-state index contributed by atoms with van der Waals surface area (Å²) in [7, 11) is 0. The van der Waals surface area contributed by atoms with E-state index in [2.05, 4.69) is 20.5 Å². The lowest BCUT2D eigenvalue weighted by molar-refractivity contribution is 0.760. The number of nitrogens with two attached hydrogens (primary N) is 1. The van der Waals surface area contributed by atoms with E-state index in [0.717, 1.165) is 0 Å². The summed E-state index contributed by atoms with van der Waals surface area (Å²) in [6.45, 7) is 1.80. The Labute approximate surface area is 74.4 Å². The third-order valence-corrected chi connectivity index (χ3v) is 1.61. The Morgan fingerprint density at radius 3 is 2.77 bits per heavy atom. The first-order valence-electron chi connectivity index (χ1n) is 3.74. The number of nitrogens with zero attached hydrogens (tertiary/aromatic N) is 5. The fraction of sp³-hybridized carbons (Fsp3) is 0.143. The first kappa shape index (κ1) is 7.66. The fourth-order valence-electron chi connectivity index (χ4n) is 0.966. The highest BCUT2D eigenvalue weighted by molar-refractivity contribution is 5.38. The minimum Gasteiger partial charge on any atom is -0.397 e. The molecule has 0 amide bonds. The molecule has 6 heteroatoms. The highest BCUT2D eigenvalue weighted by Crippen LogP contribution is 2.05. The van der Waals surface area contributed by atoms with Crippen molar-refractivity contribution in [3.63, 3.8) is 0 Å². The van der Waals surface area contributed by atoms with Gasteiger partial charge >= 0.3 is 0 Å². The SMILES string of the molecule is Cc1nnnn1-c1ccc(N)cn1. The molecule has 0 unspecified atom stereocenters.